The van der Waals surface area contributed by atoms with Crippen LogP contribution in [0.5, 0.6) is 0 Å². The monoisotopic (exact) mass is 442 g/mol. The molecule has 0 spiro atoms. The molecule has 1 amide bonds. The molecule has 2 aromatic carbocycles. The minimum Gasteiger partial charge on any atom is -0.351 e. The van der Waals surface area contributed by atoms with E-state index in [1.54, 1.807) is 6.08 Å². The van der Waals surface area contributed by atoms with Crippen molar-refractivity contribution >= 4 is 11.7 Å². The van der Waals surface area contributed by atoms with Gasteiger partial charge in [-0.05, 0) is 55.2 Å². The molecule has 5 heteroatoms. The van der Waals surface area contributed by atoms with E-state index >= 15 is 0 Å². The first-order chi connectivity index (χ1) is 16.1. The van der Waals surface area contributed by atoms with Crippen molar-refractivity contribution in [3.63, 3.8) is 0 Å². The maximum Gasteiger partial charge on any atom is 0.251 e. The second kappa shape index (κ2) is 12.0. The predicted octanol–water partition coefficient (Wildman–Crippen LogP) is 5.15. The van der Waals surface area contributed by atoms with Gasteiger partial charge in [0.25, 0.3) is 5.91 Å². The van der Waals surface area contributed by atoms with Crippen molar-refractivity contribution in [2.24, 2.45) is 10.9 Å². The fraction of sp³-hybridized carbons (Fsp3) is 0.393. The third-order valence-corrected chi connectivity index (χ3v) is 6.77. The number of aliphatic imine (C=N–C) groups is 1. The normalized spacial score (nSPS) is 20.5. The Bertz CT molecular complexity index is 998. The quantitative estimate of drug-likeness (QED) is 0.185. The third-order valence-electron chi connectivity index (χ3n) is 6.77. The number of amides is 1. The van der Waals surface area contributed by atoms with Crippen LogP contribution in [0.2, 0.25) is 0 Å². The summed E-state index contributed by atoms with van der Waals surface area (Å²) in [5.74, 6) is 1.20. The summed E-state index contributed by atoms with van der Waals surface area (Å²) in [5.41, 5.74) is 3.03. The molecule has 33 heavy (non-hydrogen) atoms. The molecule has 1 fully saturated rings. The maximum atomic E-state index is 13.0. The molecule has 5 nitrogen and oxygen atoms in total. The van der Waals surface area contributed by atoms with Crippen LogP contribution in [-0.2, 0) is 11.8 Å². The molecular formula is C28H34N4O. The first-order valence-corrected chi connectivity index (χ1v) is 11.8. The Hall–Kier alpha value is -3.39. The molecule has 1 aliphatic carbocycles. The lowest BCUT2D eigenvalue weighted by atomic mass is 9.66. The maximum absolute atomic E-state index is 13.0. The topological polar surface area (TPSA) is 77.3 Å². The average molecular weight is 443 g/mol. The van der Waals surface area contributed by atoms with Crippen molar-refractivity contribution in [1.29, 1.82) is 5.26 Å². The Labute approximate surface area is 197 Å². The molecule has 0 heterocycles. The van der Waals surface area contributed by atoms with Crippen LogP contribution in [0.1, 0.15) is 60.5 Å². The van der Waals surface area contributed by atoms with E-state index in [-0.39, 0.29) is 11.3 Å². The molecule has 2 aromatic rings. The van der Waals surface area contributed by atoms with E-state index in [4.69, 9.17) is 5.26 Å². The Morgan fingerprint density at radius 2 is 1.88 bits per heavy atom. The molecule has 0 aliphatic heterocycles. The van der Waals surface area contributed by atoms with E-state index < -0.39 is 0 Å². The summed E-state index contributed by atoms with van der Waals surface area (Å²) >= 11 is 0. The van der Waals surface area contributed by atoms with E-state index in [2.05, 4.69) is 53.4 Å². The second-order valence-corrected chi connectivity index (χ2v) is 8.80. The zero-order chi connectivity index (χ0) is 23.5. The highest BCUT2D eigenvalue weighted by atomic mass is 16.1. The van der Waals surface area contributed by atoms with Crippen LogP contribution < -0.4 is 10.6 Å². The van der Waals surface area contributed by atoms with Crippen molar-refractivity contribution in [3.05, 3.63) is 83.9 Å². The molecular weight excluding hydrogens is 408 g/mol. The molecule has 0 atom stereocenters. The van der Waals surface area contributed by atoms with Gasteiger partial charge in [0, 0.05) is 23.9 Å². The van der Waals surface area contributed by atoms with Crippen LogP contribution in [0, 0.1) is 17.4 Å². The number of benzene rings is 2. The van der Waals surface area contributed by atoms with Gasteiger partial charge < -0.3 is 5.32 Å². The number of carbonyl (C=O) groups excluding carboxylic acids is 1. The Kier molecular flexibility index (Phi) is 8.83. The third kappa shape index (κ3) is 6.32. The highest BCUT2D eigenvalue weighted by molar-refractivity contribution is 5.95. The zero-order valence-corrected chi connectivity index (χ0v) is 19.5. The molecule has 2 N–H and O–H groups in total. The van der Waals surface area contributed by atoms with Crippen LogP contribution in [-0.4, -0.2) is 24.8 Å². The van der Waals surface area contributed by atoms with Gasteiger partial charge in [0.2, 0.25) is 0 Å². The minimum absolute atomic E-state index is 0.00180. The van der Waals surface area contributed by atoms with Gasteiger partial charge in [0.15, 0.2) is 6.19 Å². The number of nitrogens with zero attached hydrogens (tertiary/aromatic N) is 2. The molecule has 0 unspecified atom stereocenters. The summed E-state index contributed by atoms with van der Waals surface area (Å²) in [6, 6.07) is 18.4. The molecule has 0 bridgehead atoms. The van der Waals surface area contributed by atoms with Crippen molar-refractivity contribution in [1.82, 2.24) is 10.6 Å². The lowest BCUT2D eigenvalue weighted by molar-refractivity contribution is 0.0932. The highest BCUT2D eigenvalue weighted by Crippen LogP contribution is 2.42. The summed E-state index contributed by atoms with van der Waals surface area (Å²) in [4.78, 5) is 17.5. The molecule has 3 rings (SSSR count). The lowest BCUT2D eigenvalue weighted by Crippen LogP contribution is -2.44. The van der Waals surface area contributed by atoms with E-state index in [0.29, 0.717) is 19.0 Å². The van der Waals surface area contributed by atoms with E-state index in [0.717, 1.165) is 55.5 Å². The summed E-state index contributed by atoms with van der Waals surface area (Å²) in [5, 5.41) is 15.0. The van der Waals surface area contributed by atoms with Crippen LogP contribution in [0.15, 0.2) is 72.2 Å². The molecule has 0 radical (unpaired) electrons. The molecule has 1 saturated carbocycles. The predicted molar refractivity (Wildman–Crippen MR) is 134 cm³/mol. The smallest absolute Gasteiger partial charge is 0.251 e. The van der Waals surface area contributed by atoms with E-state index in [9.17, 15) is 4.79 Å². The fourth-order valence-electron chi connectivity index (χ4n) is 4.86. The van der Waals surface area contributed by atoms with Crippen LogP contribution in [0.25, 0.3) is 0 Å². The first-order valence-electron chi connectivity index (χ1n) is 11.8. The van der Waals surface area contributed by atoms with Crippen LogP contribution in [0.4, 0.5) is 0 Å². The summed E-state index contributed by atoms with van der Waals surface area (Å²) in [7, 11) is 0. The van der Waals surface area contributed by atoms with Gasteiger partial charge in [0.1, 0.15) is 5.84 Å². The van der Waals surface area contributed by atoms with Crippen LogP contribution >= 0.6 is 0 Å². The molecule has 0 saturated heterocycles. The summed E-state index contributed by atoms with van der Waals surface area (Å²) < 4.78 is 0. The van der Waals surface area contributed by atoms with Crippen molar-refractivity contribution in [2.45, 2.75) is 50.9 Å². The number of aryl methyl sites for hydroxylation is 1. The summed E-state index contributed by atoms with van der Waals surface area (Å²) in [6.45, 7) is 6.91. The average Bonchev–Trinajstić information content (AvgIpc) is 2.87. The number of hydrogen-bond donors (Lipinski definition) is 2. The zero-order valence-electron chi connectivity index (χ0n) is 19.5. The van der Waals surface area contributed by atoms with Gasteiger partial charge in [-0.3, -0.25) is 15.1 Å². The minimum atomic E-state index is -0.0876. The number of nitrogens with one attached hydrogen (secondary N) is 2. The summed E-state index contributed by atoms with van der Waals surface area (Å²) in [6.07, 6.45) is 9.36. The van der Waals surface area contributed by atoms with Crippen LogP contribution in [0.3, 0.4) is 0 Å². The van der Waals surface area contributed by atoms with Crippen molar-refractivity contribution in [3.8, 4) is 6.19 Å². The van der Waals surface area contributed by atoms with Gasteiger partial charge in [-0.2, -0.15) is 5.26 Å². The SMILES string of the molecule is C=CCN=C(CC1CCC(CNC(=O)c2ccccc2CC)(c2ccccc2)CC1)NC#N. The van der Waals surface area contributed by atoms with Crippen molar-refractivity contribution in [2.75, 3.05) is 13.1 Å². The largest absolute Gasteiger partial charge is 0.351 e. The fourth-order valence-corrected chi connectivity index (χ4v) is 4.86. The van der Waals surface area contributed by atoms with Gasteiger partial charge in [-0.25, -0.2) is 0 Å². The number of hydrogen-bond acceptors (Lipinski definition) is 3. The Balaban J connectivity index is 1.72. The Morgan fingerprint density at radius 1 is 1.18 bits per heavy atom. The molecule has 0 aromatic heterocycles. The lowest BCUT2D eigenvalue weighted by Gasteiger charge is -2.41. The highest BCUT2D eigenvalue weighted by Gasteiger charge is 2.37. The number of nitriles is 1. The number of carbonyl (C=O) groups is 1. The van der Waals surface area contributed by atoms with Crippen molar-refractivity contribution < 1.29 is 4.79 Å². The number of rotatable bonds is 9. The molecule has 172 valence electrons. The number of amidine groups is 1. The van der Waals surface area contributed by atoms with Gasteiger partial charge in [-0.1, -0.05) is 61.5 Å². The standard InChI is InChI=1S/C28H34N4O/c1-3-18-30-26(32-21-29)19-22-14-16-28(17-15-22,24-11-6-5-7-12-24)20-31-27(33)25-13-9-8-10-23(25)4-2/h3,5-13,22H,1,4,14-20H2,2H3,(H,30,32)(H,31,33). The first kappa shape index (κ1) is 24.3. The molecule has 1 aliphatic rings. The van der Waals surface area contributed by atoms with E-state index in [1.165, 1.54) is 5.56 Å². The Morgan fingerprint density at radius 3 is 2.55 bits per heavy atom. The van der Waals surface area contributed by atoms with Gasteiger partial charge in [0.05, 0.1) is 6.54 Å². The van der Waals surface area contributed by atoms with Gasteiger partial charge >= 0.3 is 0 Å². The second-order valence-electron chi connectivity index (χ2n) is 8.80. The van der Waals surface area contributed by atoms with Gasteiger partial charge in [-0.15, -0.1) is 6.58 Å². The van der Waals surface area contributed by atoms with E-state index in [1.807, 2.05) is 36.5 Å².